The van der Waals surface area contributed by atoms with Crippen molar-refractivity contribution in [3.63, 3.8) is 0 Å². The molecule has 0 atom stereocenters. The van der Waals surface area contributed by atoms with Gasteiger partial charge in [-0.2, -0.15) is 0 Å². The van der Waals surface area contributed by atoms with Gasteiger partial charge in [-0.15, -0.1) is 0 Å². The zero-order valence-electron chi connectivity index (χ0n) is 9.70. The van der Waals surface area contributed by atoms with E-state index in [-0.39, 0.29) is 26.7 Å². The zero-order chi connectivity index (χ0) is 13.1. The Morgan fingerprint density at radius 1 is 1.24 bits per heavy atom. The number of nitrogens with one attached hydrogen (secondary N) is 1. The summed E-state index contributed by atoms with van der Waals surface area (Å²) in [5.74, 6) is -0.0192. The van der Waals surface area contributed by atoms with Gasteiger partial charge in [0, 0.05) is 12.6 Å². The van der Waals surface area contributed by atoms with Crippen LogP contribution in [0.15, 0.2) is 23.1 Å². The highest BCUT2D eigenvalue weighted by molar-refractivity contribution is 7.91. The van der Waals surface area contributed by atoms with E-state index < -0.39 is 9.84 Å². The van der Waals surface area contributed by atoms with Crippen LogP contribution in [0.4, 0.5) is 0 Å². The Labute approximate surface area is 112 Å². The van der Waals surface area contributed by atoms with Gasteiger partial charge in [0.2, 0.25) is 0 Å². The fraction of sp³-hybridized carbons (Fsp3) is 0.455. The molecule has 3 nitrogen and oxygen atoms in total. The monoisotopic (exact) mass is 295 g/mol. The molecule has 1 aromatic rings. The minimum Gasteiger partial charge on any atom is -0.314 e. The van der Waals surface area contributed by atoms with E-state index in [0.717, 1.165) is 0 Å². The molecule has 0 heterocycles. The maximum absolute atomic E-state index is 12.0. The topological polar surface area (TPSA) is 46.2 Å². The molecule has 0 bridgehead atoms. The lowest BCUT2D eigenvalue weighted by Gasteiger charge is -2.10. The standard InChI is InChI=1S/C11H15Cl2NO2S/c1-8(2)14-6-7-17(15,16)11-9(12)4-3-5-10(11)13/h3-5,8,14H,6-7H2,1-2H3. The first-order valence-electron chi connectivity index (χ1n) is 5.25. The lowest BCUT2D eigenvalue weighted by Crippen LogP contribution is -2.28. The summed E-state index contributed by atoms with van der Waals surface area (Å²) in [7, 11) is -3.44. The second-order valence-electron chi connectivity index (χ2n) is 3.98. The van der Waals surface area contributed by atoms with Crippen molar-refractivity contribution in [3.8, 4) is 0 Å². The molecule has 0 aliphatic heterocycles. The third-order valence-electron chi connectivity index (χ3n) is 2.15. The lowest BCUT2D eigenvalue weighted by molar-refractivity contribution is 0.578. The number of halogens is 2. The summed E-state index contributed by atoms with van der Waals surface area (Å²) >= 11 is 11.7. The molecule has 6 heteroatoms. The molecule has 1 aromatic carbocycles. The average Bonchev–Trinajstić information content (AvgIpc) is 2.15. The molecule has 0 aliphatic carbocycles. The van der Waals surface area contributed by atoms with Crippen molar-refractivity contribution in [2.45, 2.75) is 24.8 Å². The third-order valence-corrected chi connectivity index (χ3v) is 4.81. The fourth-order valence-electron chi connectivity index (χ4n) is 1.36. The van der Waals surface area contributed by atoms with Crippen LogP contribution in [0.3, 0.4) is 0 Å². The summed E-state index contributed by atoms with van der Waals surface area (Å²) in [5.41, 5.74) is 0. The van der Waals surface area contributed by atoms with Crippen LogP contribution in [-0.2, 0) is 9.84 Å². The molecule has 0 saturated carbocycles. The quantitative estimate of drug-likeness (QED) is 0.909. The first-order chi connectivity index (χ1) is 7.84. The Kier molecular flexibility index (Phi) is 5.25. The van der Waals surface area contributed by atoms with E-state index in [1.807, 2.05) is 13.8 Å². The molecule has 1 N–H and O–H groups in total. The molecule has 0 aromatic heterocycles. The number of sulfone groups is 1. The van der Waals surface area contributed by atoms with Crippen molar-refractivity contribution in [1.82, 2.24) is 5.32 Å². The van der Waals surface area contributed by atoms with E-state index >= 15 is 0 Å². The Bertz CT molecular complexity index is 466. The minimum absolute atomic E-state index is 0.0192. The normalized spacial score (nSPS) is 12.1. The summed E-state index contributed by atoms with van der Waals surface area (Å²) in [5, 5.41) is 3.38. The van der Waals surface area contributed by atoms with Crippen LogP contribution in [0.25, 0.3) is 0 Å². The van der Waals surface area contributed by atoms with Gasteiger partial charge in [-0.25, -0.2) is 8.42 Å². The summed E-state index contributed by atoms with van der Waals surface area (Å²) in [4.78, 5) is 0.0221. The predicted molar refractivity (Wildman–Crippen MR) is 71.7 cm³/mol. The smallest absolute Gasteiger partial charge is 0.182 e. The lowest BCUT2D eigenvalue weighted by atomic mass is 10.4. The van der Waals surface area contributed by atoms with Gasteiger partial charge in [0.15, 0.2) is 9.84 Å². The Morgan fingerprint density at radius 2 is 1.76 bits per heavy atom. The van der Waals surface area contributed by atoms with Gasteiger partial charge in [-0.1, -0.05) is 43.1 Å². The van der Waals surface area contributed by atoms with E-state index in [1.54, 1.807) is 6.07 Å². The van der Waals surface area contributed by atoms with Crippen molar-refractivity contribution in [1.29, 1.82) is 0 Å². The second kappa shape index (κ2) is 6.05. The van der Waals surface area contributed by atoms with E-state index in [9.17, 15) is 8.42 Å². The third kappa shape index (κ3) is 4.14. The highest BCUT2D eigenvalue weighted by Gasteiger charge is 2.21. The number of hydrogen-bond acceptors (Lipinski definition) is 3. The van der Waals surface area contributed by atoms with Gasteiger partial charge in [0.1, 0.15) is 4.90 Å². The molecule has 1 rings (SSSR count). The molecule has 17 heavy (non-hydrogen) atoms. The van der Waals surface area contributed by atoms with Gasteiger partial charge < -0.3 is 5.32 Å². The SMILES string of the molecule is CC(C)NCCS(=O)(=O)c1c(Cl)cccc1Cl. The van der Waals surface area contributed by atoms with Crippen LogP contribution in [0.2, 0.25) is 10.0 Å². The molecular weight excluding hydrogens is 281 g/mol. The van der Waals surface area contributed by atoms with Crippen molar-refractivity contribution in [3.05, 3.63) is 28.2 Å². The maximum atomic E-state index is 12.0. The van der Waals surface area contributed by atoms with E-state index in [2.05, 4.69) is 5.32 Å². The van der Waals surface area contributed by atoms with Crippen LogP contribution in [-0.4, -0.2) is 26.8 Å². The first-order valence-corrected chi connectivity index (χ1v) is 7.65. The van der Waals surface area contributed by atoms with Gasteiger partial charge in [0.05, 0.1) is 15.8 Å². The number of hydrogen-bond donors (Lipinski definition) is 1. The predicted octanol–water partition coefficient (Wildman–Crippen LogP) is 2.77. The first kappa shape index (κ1) is 14.8. The van der Waals surface area contributed by atoms with Crippen molar-refractivity contribution in [2.75, 3.05) is 12.3 Å². The van der Waals surface area contributed by atoms with Crippen molar-refractivity contribution < 1.29 is 8.42 Å². The molecule has 0 amide bonds. The van der Waals surface area contributed by atoms with Crippen LogP contribution in [0.5, 0.6) is 0 Å². The van der Waals surface area contributed by atoms with Crippen molar-refractivity contribution >= 4 is 33.0 Å². The molecule has 0 radical (unpaired) electrons. The Hall–Kier alpha value is -0.290. The van der Waals surface area contributed by atoms with E-state index in [0.29, 0.717) is 6.54 Å². The van der Waals surface area contributed by atoms with Crippen LogP contribution < -0.4 is 5.32 Å². The zero-order valence-corrected chi connectivity index (χ0v) is 12.0. The number of rotatable bonds is 5. The summed E-state index contributed by atoms with van der Waals surface area (Å²) < 4.78 is 24.1. The molecule has 96 valence electrons. The summed E-state index contributed by atoms with van der Waals surface area (Å²) in [6, 6.07) is 4.91. The molecular formula is C11H15Cl2NO2S. The Balaban J connectivity index is 2.90. The van der Waals surface area contributed by atoms with Crippen LogP contribution in [0, 0.1) is 0 Å². The summed E-state index contributed by atoms with van der Waals surface area (Å²) in [6.45, 7) is 4.28. The van der Waals surface area contributed by atoms with Crippen LogP contribution in [0.1, 0.15) is 13.8 Å². The molecule has 0 saturated heterocycles. The Morgan fingerprint density at radius 3 is 2.24 bits per heavy atom. The van der Waals surface area contributed by atoms with Crippen LogP contribution >= 0.6 is 23.2 Å². The molecule has 0 fully saturated rings. The van der Waals surface area contributed by atoms with Crippen molar-refractivity contribution in [2.24, 2.45) is 0 Å². The molecule has 0 unspecified atom stereocenters. The van der Waals surface area contributed by atoms with Gasteiger partial charge in [-0.05, 0) is 12.1 Å². The van der Waals surface area contributed by atoms with E-state index in [1.165, 1.54) is 12.1 Å². The summed E-state index contributed by atoms with van der Waals surface area (Å²) in [6.07, 6.45) is 0. The largest absolute Gasteiger partial charge is 0.314 e. The van der Waals surface area contributed by atoms with Gasteiger partial charge in [-0.3, -0.25) is 0 Å². The highest BCUT2D eigenvalue weighted by Crippen LogP contribution is 2.29. The van der Waals surface area contributed by atoms with Gasteiger partial charge >= 0.3 is 0 Å². The average molecular weight is 296 g/mol. The molecule has 0 aliphatic rings. The maximum Gasteiger partial charge on any atom is 0.182 e. The van der Waals surface area contributed by atoms with Gasteiger partial charge in [0.25, 0.3) is 0 Å². The highest BCUT2D eigenvalue weighted by atomic mass is 35.5. The fourth-order valence-corrected chi connectivity index (χ4v) is 3.79. The second-order valence-corrected chi connectivity index (χ2v) is 6.84. The number of benzene rings is 1. The molecule has 0 spiro atoms. The van der Waals surface area contributed by atoms with E-state index in [4.69, 9.17) is 23.2 Å². The minimum atomic E-state index is -3.44.